The molecule has 1 atom stereocenters. The Morgan fingerprint density at radius 3 is 2.03 bits per heavy atom. The van der Waals surface area contributed by atoms with E-state index in [0.717, 1.165) is 10.7 Å². The Morgan fingerprint density at radius 2 is 1.31 bits per heavy atom. The first-order chi connectivity index (χ1) is 17.4. The highest BCUT2D eigenvalue weighted by molar-refractivity contribution is 7.10. The fourth-order valence-corrected chi connectivity index (χ4v) is 5.92. The number of anilines is 1. The van der Waals surface area contributed by atoms with E-state index in [4.69, 9.17) is 4.98 Å². The lowest BCUT2D eigenvalue weighted by atomic mass is 9.91. The van der Waals surface area contributed by atoms with Crippen molar-refractivity contribution in [1.82, 2.24) is 4.98 Å². The maximum absolute atomic E-state index is 5.25. The summed E-state index contributed by atoms with van der Waals surface area (Å²) in [6.07, 6.45) is 0. The SMILES string of the molecule is Cc1ccccc1C(Nc1c(C(C)C)cccc1C(C)C)c1nc(-c2cccc3ccccc23)cs1. The number of nitrogens with zero attached hydrogens (tertiary/aromatic N) is 1. The van der Waals surface area contributed by atoms with E-state index in [2.05, 4.69) is 130 Å². The number of aromatic nitrogens is 1. The summed E-state index contributed by atoms with van der Waals surface area (Å²) < 4.78 is 0. The van der Waals surface area contributed by atoms with E-state index in [-0.39, 0.29) is 6.04 Å². The monoisotopic (exact) mass is 490 g/mol. The van der Waals surface area contributed by atoms with Crippen molar-refractivity contribution in [2.24, 2.45) is 0 Å². The number of thiazole rings is 1. The van der Waals surface area contributed by atoms with Crippen LogP contribution in [0.1, 0.15) is 72.8 Å². The molecule has 5 aromatic rings. The van der Waals surface area contributed by atoms with E-state index in [9.17, 15) is 0 Å². The number of aryl methyl sites for hydroxylation is 1. The second-order valence-electron chi connectivity index (χ2n) is 10.2. The first-order valence-corrected chi connectivity index (χ1v) is 13.7. The summed E-state index contributed by atoms with van der Waals surface area (Å²) in [5, 5.41) is 9.78. The molecule has 0 aliphatic heterocycles. The van der Waals surface area contributed by atoms with Crippen LogP contribution < -0.4 is 5.32 Å². The summed E-state index contributed by atoms with van der Waals surface area (Å²) in [6, 6.07) is 30.4. The lowest BCUT2D eigenvalue weighted by Gasteiger charge is -2.26. The molecular formula is C33H34N2S. The molecule has 0 aliphatic carbocycles. The first kappa shape index (κ1) is 24.3. The zero-order valence-corrected chi connectivity index (χ0v) is 22.6. The average Bonchev–Trinajstić information content (AvgIpc) is 3.37. The molecule has 5 rings (SSSR count). The van der Waals surface area contributed by atoms with Crippen molar-refractivity contribution in [3.05, 3.63) is 118 Å². The maximum atomic E-state index is 5.25. The van der Waals surface area contributed by atoms with Crippen molar-refractivity contribution in [1.29, 1.82) is 0 Å². The van der Waals surface area contributed by atoms with Crippen LogP contribution in [-0.4, -0.2) is 4.98 Å². The van der Waals surface area contributed by atoms with E-state index in [1.807, 2.05) is 0 Å². The first-order valence-electron chi connectivity index (χ1n) is 12.8. The molecule has 3 heteroatoms. The highest BCUT2D eigenvalue weighted by Gasteiger charge is 2.24. The van der Waals surface area contributed by atoms with Crippen LogP contribution in [0.2, 0.25) is 0 Å². The van der Waals surface area contributed by atoms with Gasteiger partial charge in [-0.05, 0) is 51.8 Å². The number of hydrogen-bond acceptors (Lipinski definition) is 3. The van der Waals surface area contributed by atoms with Gasteiger partial charge in [0.2, 0.25) is 0 Å². The maximum Gasteiger partial charge on any atom is 0.120 e. The van der Waals surface area contributed by atoms with Gasteiger partial charge in [0.05, 0.1) is 5.69 Å². The van der Waals surface area contributed by atoms with Gasteiger partial charge < -0.3 is 5.32 Å². The highest BCUT2D eigenvalue weighted by Crippen LogP contribution is 2.39. The molecule has 36 heavy (non-hydrogen) atoms. The number of fused-ring (bicyclic) bond motifs is 1. The Labute approximate surface area is 219 Å². The molecule has 0 fully saturated rings. The Kier molecular flexibility index (Phi) is 6.93. The van der Waals surface area contributed by atoms with Gasteiger partial charge in [-0.3, -0.25) is 0 Å². The van der Waals surface area contributed by atoms with Crippen molar-refractivity contribution in [2.45, 2.75) is 52.5 Å². The largest absolute Gasteiger partial charge is 0.372 e. The van der Waals surface area contributed by atoms with E-state index in [1.165, 1.54) is 44.3 Å². The summed E-state index contributed by atoms with van der Waals surface area (Å²) in [4.78, 5) is 5.25. The molecule has 1 aromatic heterocycles. The molecule has 0 saturated heterocycles. The molecule has 1 heterocycles. The van der Waals surface area contributed by atoms with Gasteiger partial charge >= 0.3 is 0 Å². The minimum Gasteiger partial charge on any atom is -0.372 e. The standard InChI is InChI=1S/C33H34N2S/c1-21(2)25-17-11-18-26(22(3)4)31(25)35-32(27-15-8-6-12-23(27)5)33-34-30(20-36-33)29-19-10-14-24-13-7-9-16-28(24)29/h6-22,32,35H,1-5H3. The van der Waals surface area contributed by atoms with E-state index in [0.29, 0.717) is 11.8 Å². The zero-order valence-electron chi connectivity index (χ0n) is 21.7. The lowest BCUT2D eigenvalue weighted by molar-refractivity contribution is 0.818. The van der Waals surface area contributed by atoms with Crippen LogP contribution >= 0.6 is 11.3 Å². The number of hydrogen-bond donors (Lipinski definition) is 1. The van der Waals surface area contributed by atoms with Crippen LogP contribution in [-0.2, 0) is 0 Å². The van der Waals surface area contributed by atoms with Crippen LogP contribution in [0.4, 0.5) is 5.69 Å². The summed E-state index contributed by atoms with van der Waals surface area (Å²) in [5.41, 5.74) is 8.71. The van der Waals surface area contributed by atoms with Crippen molar-refractivity contribution in [2.75, 3.05) is 5.32 Å². The molecule has 0 spiro atoms. The zero-order chi connectivity index (χ0) is 25.2. The Bertz CT molecular complexity index is 1460. The predicted molar refractivity (Wildman–Crippen MR) is 156 cm³/mol. The lowest BCUT2D eigenvalue weighted by Crippen LogP contribution is -2.17. The van der Waals surface area contributed by atoms with Crippen LogP contribution in [0.3, 0.4) is 0 Å². The molecule has 1 N–H and O–H groups in total. The van der Waals surface area contributed by atoms with Crippen LogP contribution in [0.5, 0.6) is 0 Å². The van der Waals surface area contributed by atoms with Gasteiger partial charge in [-0.25, -0.2) is 4.98 Å². The minimum absolute atomic E-state index is 0.0303. The second-order valence-corrected chi connectivity index (χ2v) is 11.0. The van der Waals surface area contributed by atoms with Crippen molar-refractivity contribution in [3.63, 3.8) is 0 Å². The smallest absolute Gasteiger partial charge is 0.120 e. The van der Waals surface area contributed by atoms with Gasteiger partial charge in [0.25, 0.3) is 0 Å². The normalized spacial score (nSPS) is 12.4. The van der Waals surface area contributed by atoms with E-state index in [1.54, 1.807) is 11.3 Å². The van der Waals surface area contributed by atoms with Gasteiger partial charge in [0.1, 0.15) is 11.0 Å². The highest BCUT2D eigenvalue weighted by atomic mass is 32.1. The third kappa shape index (κ3) is 4.68. The predicted octanol–water partition coefficient (Wildman–Crippen LogP) is 9.72. The quantitative estimate of drug-likeness (QED) is 0.245. The summed E-state index contributed by atoms with van der Waals surface area (Å²) in [6.45, 7) is 11.3. The van der Waals surface area contributed by atoms with Gasteiger partial charge in [-0.2, -0.15) is 0 Å². The summed E-state index contributed by atoms with van der Waals surface area (Å²) >= 11 is 1.74. The molecule has 0 radical (unpaired) electrons. The number of nitrogens with one attached hydrogen (secondary N) is 1. The van der Waals surface area contributed by atoms with Gasteiger partial charge in [0.15, 0.2) is 0 Å². The number of rotatable bonds is 7. The Balaban J connectivity index is 1.64. The third-order valence-corrected chi connectivity index (χ3v) is 7.91. The van der Waals surface area contributed by atoms with E-state index >= 15 is 0 Å². The number of para-hydroxylation sites is 1. The topological polar surface area (TPSA) is 24.9 Å². The van der Waals surface area contributed by atoms with Gasteiger partial charge in [0, 0.05) is 16.6 Å². The van der Waals surface area contributed by atoms with Crippen LogP contribution in [0.15, 0.2) is 90.3 Å². The summed E-state index contributed by atoms with van der Waals surface area (Å²) in [7, 11) is 0. The average molecular weight is 491 g/mol. The van der Waals surface area contributed by atoms with Crippen molar-refractivity contribution < 1.29 is 0 Å². The molecule has 0 bridgehead atoms. The minimum atomic E-state index is -0.0303. The van der Waals surface area contributed by atoms with Crippen LogP contribution in [0, 0.1) is 6.92 Å². The third-order valence-electron chi connectivity index (χ3n) is 7.00. The molecular weight excluding hydrogens is 456 g/mol. The molecule has 1 unspecified atom stereocenters. The second kappa shape index (κ2) is 10.3. The molecule has 0 saturated carbocycles. The fourth-order valence-electron chi connectivity index (χ4n) is 5.04. The number of benzene rings is 4. The van der Waals surface area contributed by atoms with E-state index < -0.39 is 0 Å². The molecule has 182 valence electrons. The molecule has 0 amide bonds. The van der Waals surface area contributed by atoms with Crippen molar-refractivity contribution in [3.8, 4) is 11.3 Å². The van der Waals surface area contributed by atoms with Crippen LogP contribution in [0.25, 0.3) is 22.0 Å². The molecule has 4 aromatic carbocycles. The molecule has 0 aliphatic rings. The summed E-state index contributed by atoms with van der Waals surface area (Å²) in [5.74, 6) is 0.845. The molecule has 2 nitrogen and oxygen atoms in total. The fraction of sp³-hybridized carbons (Fsp3) is 0.242. The van der Waals surface area contributed by atoms with Gasteiger partial charge in [-0.15, -0.1) is 11.3 Å². The van der Waals surface area contributed by atoms with Gasteiger partial charge in [-0.1, -0.05) is 113 Å². The Hall–Kier alpha value is -3.43. The van der Waals surface area contributed by atoms with Crippen molar-refractivity contribution >= 4 is 27.8 Å². The Morgan fingerprint density at radius 1 is 0.694 bits per heavy atom.